The first kappa shape index (κ1) is 14.4. The van der Waals surface area contributed by atoms with Gasteiger partial charge in [-0.2, -0.15) is 0 Å². The van der Waals surface area contributed by atoms with Gasteiger partial charge >= 0.3 is 5.69 Å². The Labute approximate surface area is 123 Å². The Balaban J connectivity index is 2.21. The van der Waals surface area contributed by atoms with Crippen LogP contribution in [-0.2, 0) is 13.5 Å². The zero-order valence-electron chi connectivity index (χ0n) is 10.7. The number of H-pyrrole nitrogens is 1. The number of hydrogen-bond donors (Lipinski definition) is 2. The van der Waals surface area contributed by atoms with Crippen molar-refractivity contribution in [3.8, 4) is 0 Å². The van der Waals surface area contributed by atoms with Crippen molar-refractivity contribution in [3.05, 3.63) is 38.7 Å². The van der Waals surface area contributed by atoms with E-state index in [9.17, 15) is 4.79 Å². The van der Waals surface area contributed by atoms with Crippen molar-refractivity contribution < 1.29 is 0 Å². The highest BCUT2D eigenvalue weighted by atomic mass is 79.9. The number of aromatic amines is 1. The normalized spacial score (nSPS) is 12.6. The van der Waals surface area contributed by atoms with E-state index in [0.717, 1.165) is 15.8 Å². The summed E-state index contributed by atoms with van der Waals surface area (Å²) in [6, 6.07) is 6.19. The van der Waals surface area contributed by atoms with Crippen LogP contribution in [0, 0.1) is 0 Å². The molecular weight excluding hydrogens is 328 g/mol. The van der Waals surface area contributed by atoms with E-state index >= 15 is 0 Å². The summed E-state index contributed by atoms with van der Waals surface area (Å²) in [5, 5.41) is 7.02. The van der Waals surface area contributed by atoms with Crippen molar-refractivity contribution in [2.45, 2.75) is 29.4 Å². The summed E-state index contributed by atoms with van der Waals surface area (Å²) in [4.78, 5) is 12.3. The van der Waals surface area contributed by atoms with E-state index in [2.05, 4.69) is 26.1 Å². The van der Waals surface area contributed by atoms with Gasteiger partial charge in [0.25, 0.3) is 0 Å². The van der Waals surface area contributed by atoms with Crippen LogP contribution in [0.1, 0.15) is 12.5 Å². The highest BCUT2D eigenvalue weighted by Crippen LogP contribution is 2.29. The maximum Gasteiger partial charge on any atom is 0.343 e. The molecule has 0 amide bonds. The fourth-order valence-electron chi connectivity index (χ4n) is 1.63. The van der Waals surface area contributed by atoms with E-state index in [-0.39, 0.29) is 11.7 Å². The average Bonchev–Trinajstić information content (AvgIpc) is 2.64. The lowest BCUT2D eigenvalue weighted by Crippen LogP contribution is -2.17. The molecule has 2 aromatic rings. The zero-order chi connectivity index (χ0) is 14.0. The second kappa shape index (κ2) is 5.94. The van der Waals surface area contributed by atoms with Gasteiger partial charge in [0.1, 0.15) is 0 Å². The molecule has 1 atom stereocenters. The van der Waals surface area contributed by atoms with E-state index in [0.29, 0.717) is 5.16 Å². The van der Waals surface area contributed by atoms with E-state index < -0.39 is 0 Å². The first-order valence-electron chi connectivity index (χ1n) is 5.80. The number of benzene rings is 1. The lowest BCUT2D eigenvalue weighted by atomic mass is 10.1. The maximum absolute atomic E-state index is 11.3. The Morgan fingerprint density at radius 1 is 1.58 bits per heavy atom. The summed E-state index contributed by atoms with van der Waals surface area (Å²) in [6.07, 6.45) is 0.826. The van der Waals surface area contributed by atoms with Crippen LogP contribution in [0.5, 0.6) is 0 Å². The summed E-state index contributed by atoms with van der Waals surface area (Å²) in [5.41, 5.74) is 6.76. The van der Waals surface area contributed by atoms with Gasteiger partial charge in [-0.1, -0.05) is 22.0 Å². The number of nitrogens with one attached hydrogen (secondary N) is 1. The Bertz CT molecular complexity index is 635. The van der Waals surface area contributed by atoms with Crippen LogP contribution < -0.4 is 11.4 Å². The standard InChI is InChI=1S/C12H15BrN4OS/c1-7(14)5-8-3-4-9(6-10(8)13)19-12-16-15-11(18)17(12)2/h3-4,6-7H,5,14H2,1-2H3,(H,15,18). The highest BCUT2D eigenvalue weighted by Gasteiger charge is 2.09. The number of nitrogens with zero attached hydrogens (tertiary/aromatic N) is 2. The van der Waals surface area contributed by atoms with Crippen molar-refractivity contribution in [3.63, 3.8) is 0 Å². The summed E-state index contributed by atoms with van der Waals surface area (Å²) in [5.74, 6) is 0. The minimum absolute atomic E-state index is 0.127. The molecule has 5 nitrogen and oxygen atoms in total. The molecule has 0 aliphatic carbocycles. The molecule has 0 bridgehead atoms. The van der Waals surface area contributed by atoms with Crippen LogP contribution in [-0.4, -0.2) is 20.8 Å². The predicted octanol–water partition coefficient (Wildman–Crippen LogP) is 1.91. The van der Waals surface area contributed by atoms with Crippen molar-refractivity contribution >= 4 is 27.7 Å². The first-order chi connectivity index (χ1) is 8.97. The van der Waals surface area contributed by atoms with Crippen molar-refractivity contribution in [1.29, 1.82) is 0 Å². The van der Waals surface area contributed by atoms with Crippen LogP contribution >= 0.6 is 27.7 Å². The Morgan fingerprint density at radius 2 is 2.32 bits per heavy atom. The van der Waals surface area contributed by atoms with Gasteiger partial charge in [-0.25, -0.2) is 9.89 Å². The zero-order valence-corrected chi connectivity index (χ0v) is 13.1. The van der Waals surface area contributed by atoms with Crippen molar-refractivity contribution in [1.82, 2.24) is 14.8 Å². The lowest BCUT2D eigenvalue weighted by molar-refractivity contribution is 0.735. The monoisotopic (exact) mass is 342 g/mol. The molecule has 0 saturated heterocycles. The van der Waals surface area contributed by atoms with E-state index in [1.54, 1.807) is 7.05 Å². The van der Waals surface area contributed by atoms with Crippen LogP contribution in [0.2, 0.25) is 0 Å². The molecular formula is C12H15BrN4OS. The second-order valence-electron chi connectivity index (χ2n) is 4.41. The molecule has 1 heterocycles. The van der Waals surface area contributed by atoms with E-state index in [1.165, 1.54) is 21.9 Å². The molecule has 0 fully saturated rings. The fourth-order valence-corrected chi connectivity index (χ4v) is 3.16. The second-order valence-corrected chi connectivity index (χ2v) is 6.30. The van der Waals surface area contributed by atoms with Crippen LogP contribution in [0.4, 0.5) is 0 Å². The third-order valence-electron chi connectivity index (χ3n) is 2.61. The molecule has 1 aromatic carbocycles. The fraction of sp³-hybridized carbons (Fsp3) is 0.333. The third kappa shape index (κ3) is 3.49. The van der Waals surface area contributed by atoms with Crippen LogP contribution in [0.3, 0.4) is 0 Å². The Morgan fingerprint density at radius 3 is 2.84 bits per heavy atom. The van der Waals surface area contributed by atoms with E-state index in [4.69, 9.17) is 5.73 Å². The van der Waals surface area contributed by atoms with Gasteiger partial charge in [0.05, 0.1) is 0 Å². The van der Waals surface area contributed by atoms with Gasteiger partial charge in [-0.3, -0.25) is 4.57 Å². The van der Waals surface area contributed by atoms with Gasteiger partial charge in [0.2, 0.25) is 0 Å². The van der Waals surface area contributed by atoms with Gasteiger partial charge in [0.15, 0.2) is 5.16 Å². The minimum atomic E-state index is -0.213. The number of hydrogen-bond acceptors (Lipinski definition) is 4. The third-order valence-corrected chi connectivity index (χ3v) is 4.39. The largest absolute Gasteiger partial charge is 0.343 e. The molecule has 3 N–H and O–H groups in total. The first-order valence-corrected chi connectivity index (χ1v) is 7.41. The quantitative estimate of drug-likeness (QED) is 0.889. The molecule has 0 spiro atoms. The number of aromatic nitrogens is 3. The lowest BCUT2D eigenvalue weighted by Gasteiger charge is -2.09. The highest BCUT2D eigenvalue weighted by molar-refractivity contribution is 9.10. The molecule has 7 heteroatoms. The SMILES string of the molecule is CC(N)Cc1ccc(Sc2n[nH]c(=O)n2C)cc1Br. The summed E-state index contributed by atoms with van der Waals surface area (Å²) in [7, 11) is 1.69. The molecule has 0 radical (unpaired) electrons. The summed E-state index contributed by atoms with van der Waals surface area (Å²) < 4.78 is 2.50. The van der Waals surface area contributed by atoms with Gasteiger partial charge in [-0.05, 0) is 42.8 Å². The van der Waals surface area contributed by atoms with Crippen LogP contribution in [0.15, 0.2) is 37.5 Å². The minimum Gasteiger partial charge on any atom is -0.328 e. The van der Waals surface area contributed by atoms with Gasteiger partial charge < -0.3 is 5.73 Å². The predicted molar refractivity (Wildman–Crippen MR) is 79.4 cm³/mol. The summed E-state index contributed by atoms with van der Waals surface area (Å²) >= 11 is 4.98. The summed E-state index contributed by atoms with van der Waals surface area (Å²) in [6.45, 7) is 1.98. The molecule has 0 saturated carbocycles. The number of halogens is 1. The molecule has 1 aromatic heterocycles. The number of rotatable bonds is 4. The molecule has 2 rings (SSSR count). The van der Waals surface area contributed by atoms with Gasteiger partial charge in [-0.15, -0.1) is 5.10 Å². The van der Waals surface area contributed by atoms with Crippen LogP contribution in [0.25, 0.3) is 0 Å². The molecule has 0 aliphatic heterocycles. The van der Waals surface area contributed by atoms with E-state index in [1.807, 2.05) is 25.1 Å². The molecule has 0 aliphatic rings. The number of nitrogens with two attached hydrogens (primary N) is 1. The average molecular weight is 343 g/mol. The molecule has 102 valence electrons. The topological polar surface area (TPSA) is 76.7 Å². The van der Waals surface area contributed by atoms with Crippen molar-refractivity contribution in [2.75, 3.05) is 0 Å². The smallest absolute Gasteiger partial charge is 0.328 e. The Hall–Kier alpha value is -1.05. The molecule has 19 heavy (non-hydrogen) atoms. The maximum atomic E-state index is 11.3. The Kier molecular flexibility index (Phi) is 4.49. The van der Waals surface area contributed by atoms with Gasteiger partial charge in [0, 0.05) is 22.5 Å². The van der Waals surface area contributed by atoms with Crippen molar-refractivity contribution in [2.24, 2.45) is 12.8 Å². The molecule has 1 unspecified atom stereocenters.